The second-order valence-corrected chi connectivity index (χ2v) is 5.47. The van der Waals surface area contributed by atoms with Crippen LogP contribution in [0.4, 0.5) is 19.1 Å². The number of alkyl halides is 3. The molecule has 0 radical (unpaired) electrons. The van der Waals surface area contributed by atoms with E-state index in [2.05, 4.69) is 25.0 Å². The van der Waals surface area contributed by atoms with Crippen molar-refractivity contribution in [2.24, 2.45) is 0 Å². The molecule has 0 saturated carbocycles. The van der Waals surface area contributed by atoms with E-state index in [-0.39, 0.29) is 28.6 Å². The zero-order valence-corrected chi connectivity index (χ0v) is 13.8. The van der Waals surface area contributed by atoms with Crippen molar-refractivity contribution in [2.45, 2.75) is 19.6 Å². The van der Waals surface area contributed by atoms with Crippen LogP contribution in [0.3, 0.4) is 0 Å². The third-order valence-electron chi connectivity index (χ3n) is 2.90. The lowest BCUT2D eigenvalue weighted by Crippen LogP contribution is -2.25. The Balaban J connectivity index is 2.01. The molecule has 0 aliphatic rings. The Morgan fingerprint density at radius 1 is 1.40 bits per heavy atom. The van der Waals surface area contributed by atoms with Gasteiger partial charge in [0.2, 0.25) is 5.95 Å². The van der Waals surface area contributed by atoms with Crippen molar-refractivity contribution in [1.29, 1.82) is 0 Å². The molecule has 0 fully saturated rings. The van der Waals surface area contributed by atoms with Gasteiger partial charge < -0.3 is 20.8 Å². The van der Waals surface area contributed by atoms with Crippen molar-refractivity contribution >= 4 is 24.1 Å². The summed E-state index contributed by atoms with van der Waals surface area (Å²) in [5.74, 6) is -0.616. The average molecular weight is 373 g/mol. The molecule has 11 heteroatoms. The van der Waals surface area contributed by atoms with Gasteiger partial charge in [0.1, 0.15) is 5.69 Å². The number of rotatable bonds is 5. The van der Waals surface area contributed by atoms with Crippen molar-refractivity contribution in [1.82, 2.24) is 20.3 Å². The van der Waals surface area contributed by atoms with Gasteiger partial charge in [0.15, 0.2) is 12.5 Å². The van der Waals surface area contributed by atoms with E-state index < -0.39 is 18.7 Å². The third kappa shape index (κ3) is 5.71. The van der Waals surface area contributed by atoms with Gasteiger partial charge in [0.25, 0.3) is 5.91 Å². The number of aryl methyl sites for hydroxylation is 1. The smallest absolute Gasteiger partial charge is 0.422 e. The van der Waals surface area contributed by atoms with Gasteiger partial charge in [0.05, 0.1) is 0 Å². The number of carbonyl (C=O) groups is 1. The standard InChI is InChI=1S/C14H14F3N5O2S/c1-7-2-9(22-13(18)21-7)12(23)20-5-8-4-19-11(3-10(8)25)24-6-14(15,16)17/h2-4H,5-6H2,1H3,(H,19,25)(H,20,23)(H2,18,21,22). The second-order valence-electron chi connectivity index (χ2n) is 5.03. The summed E-state index contributed by atoms with van der Waals surface area (Å²) >= 11 is 5.08. The Labute approximate surface area is 145 Å². The maximum Gasteiger partial charge on any atom is 0.422 e. The Bertz CT molecular complexity index is 818. The molecule has 0 aromatic carbocycles. The Morgan fingerprint density at radius 3 is 2.72 bits per heavy atom. The second kappa shape index (κ2) is 7.47. The Morgan fingerprint density at radius 2 is 2.12 bits per heavy atom. The number of hydrogen-bond acceptors (Lipinski definition) is 6. The SMILES string of the molecule is Cc1cc(C(=O)NCc2c[nH]c(OCC(F)(F)F)cc2=S)nc(N)n1. The van der Waals surface area contributed by atoms with Crippen LogP contribution in [-0.4, -0.2) is 33.6 Å². The number of amides is 1. The van der Waals surface area contributed by atoms with E-state index >= 15 is 0 Å². The molecular formula is C14H14F3N5O2S. The van der Waals surface area contributed by atoms with E-state index in [0.717, 1.165) is 0 Å². The van der Waals surface area contributed by atoms with Crippen molar-refractivity contribution in [2.75, 3.05) is 12.3 Å². The predicted octanol–water partition coefficient (Wildman–Crippen LogP) is 2.30. The first-order chi connectivity index (χ1) is 11.6. The molecular weight excluding hydrogens is 359 g/mol. The summed E-state index contributed by atoms with van der Waals surface area (Å²) in [5, 5.41) is 2.59. The van der Waals surface area contributed by atoms with Gasteiger partial charge in [-0.1, -0.05) is 12.2 Å². The summed E-state index contributed by atoms with van der Waals surface area (Å²) in [6, 6.07) is 2.72. The third-order valence-corrected chi connectivity index (χ3v) is 3.28. The number of anilines is 1. The molecule has 0 unspecified atom stereocenters. The molecule has 134 valence electrons. The number of nitrogens with two attached hydrogens (primary N) is 1. The van der Waals surface area contributed by atoms with Crippen LogP contribution < -0.4 is 15.8 Å². The highest BCUT2D eigenvalue weighted by Crippen LogP contribution is 2.17. The first-order valence-corrected chi connectivity index (χ1v) is 7.35. The van der Waals surface area contributed by atoms with Gasteiger partial charge in [-0.05, 0) is 13.0 Å². The number of aromatic nitrogens is 3. The van der Waals surface area contributed by atoms with Crippen molar-refractivity contribution < 1.29 is 22.7 Å². The molecule has 4 N–H and O–H groups in total. The number of nitrogen functional groups attached to an aromatic ring is 1. The van der Waals surface area contributed by atoms with Crippen LogP contribution in [0.1, 0.15) is 21.7 Å². The van der Waals surface area contributed by atoms with Crippen LogP contribution in [0.2, 0.25) is 0 Å². The lowest BCUT2D eigenvalue weighted by Gasteiger charge is -2.10. The molecule has 0 aliphatic heterocycles. The molecule has 0 saturated heterocycles. The van der Waals surface area contributed by atoms with Crippen LogP contribution >= 0.6 is 12.2 Å². The van der Waals surface area contributed by atoms with Gasteiger partial charge in [-0.25, -0.2) is 9.97 Å². The molecule has 2 rings (SSSR count). The van der Waals surface area contributed by atoms with Crippen LogP contribution in [0.25, 0.3) is 0 Å². The summed E-state index contributed by atoms with van der Waals surface area (Å²) in [4.78, 5) is 22.3. The van der Waals surface area contributed by atoms with E-state index in [1.165, 1.54) is 18.3 Å². The number of nitrogens with one attached hydrogen (secondary N) is 2. The maximum absolute atomic E-state index is 12.1. The fourth-order valence-corrected chi connectivity index (χ4v) is 2.08. The summed E-state index contributed by atoms with van der Waals surface area (Å²) in [6.45, 7) is 0.296. The molecule has 2 aromatic rings. The molecule has 0 atom stereocenters. The predicted molar refractivity (Wildman–Crippen MR) is 85.5 cm³/mol. The van der Waals surface area contributed by atoms with Gasteiger partial charge in [-0.15, -0.1) is 0 Å². The van der Waals surface area contributed by atoms with Crippen molar-refractivity contribution in [3.05, 3.63) is 39.8 Å². The molecule has 0 spiro atoms. The van der Waals surface area contributed by atoms with Crippen LogP contribution in [0, 0.1) is 11.4 Å². The quantitative estimate of drug-likeness (QED) is 0.695. The number of aromatic amines is 1. The maximum atomic E-state index is 12.1. The first-order valence-electron chi connectivity index (χ1n) is 6.94. The normalized spacial score (nSPS) is 11.2. The summed E-state index contributed by atoms with van der Waals surface area (Å²) in [7, 11) is 0. The largest absolute Gasteiger partial charge is 0.469 e. The van der Waals surface area contributed by atoms with Gasteiger partial charge in [-0.3, -0.25) is 4.79 Å². The number of carbonyl (C=O) groups excluding carboxylic acids is 1. The van der Waals surface area contributed by atoms with E-state index in [4.69, 9.17) is 18.0 Å². The van der Waals surface area contributed by atoms with Crippen LogP contribution in [0.5, 0.6) is 5.88 Å². The van der Waals surface area contributed by atoms with E-state index in [0.29, 0.717) is 11.3 Å². The number of nitrogens with zero attached hydrogens (tertiary/aromatic N) is 2. The number of H-pyrrole nitrogens is 1. The zero-order chi connectivity index (χ0) is 18.6. The first kappa shape index (κ1) is 18.6. The van der Waals surface area contributed by atoms with Gasteiger partial charge >= 0.3 is 6.18 Å². The number of hydrogen-bond donors (Lipinski definition) is 3. The lowest BCUT2D eigenvalue weighted by atomic mass is 10.2. The summed E-state index contributed by atoms with van der Waals surface area (Å²) in [6.07, 6.45) is -3.08. The van der Waals surface area contributed by atoms with Crippen LogP contribution in [0.15, 0.2) is 18.3 Å². The molecule has 25 heavy (non-hydrogen) atoms. The minimum atomic E-state index is -4.44. The Hall–Kier alpha value is -2.69. The lowest BCUT2D eigenvalue weighted by molar-refractivity contribution is -0.154. The van der Waals surface area contributed by atoms with E-state index in [9.17, 15) is 18.0 Å². The van der Waals surface area contributed by atoms with Gasteiger partial charge in [0, 0.05) is 34.6 Å². The zero-order valence-electron chi connectivity index (χ0n) is 13.0. The topological polar surface area (TPSA) is 106 Å². The molecule has 2 aromatic heterocycles. The number of halogens is 3. The Kier molecular flexibility index (Phi) is 5.57. The van der Waals surface area contributed by atoms with Crippen LogP contribution in [-0.2, 0) is 6.54 Å². The minimum Gasteiger partial charge on any atom is -0.469 e. The fraction of sp³-hybridized carbons (Fsp3) is 0.286. The molecule has 7 nitrogen and oxygen atoms in total. The summed E-state index contributed by atoms with van der Waals surface area (Å²) in [5.41, 5.74) is 6.63. The fourth-order valence-electron chi connectivity index (χ4n) is 1.84. The molecule has 1 amide bonds. The molecule has 0 bridgehead atoms. The van der Waals surface area contributed by atoms with Crippen molar-refractivity contribution in [3.63, 3.8) is 0 Å². The van der Waals surface area contributed by atoms with Gasteiger partial charge in [-0.2, -0.15) is 13.2 Å². The summed E-state index contributed by atoms with van der Waals surface area (Å²) < 4.78 is 41.2. The highest BCUT2D eigenvalue weighted by Gasteiger charge is 2.28. The average Bonchev–Trinajstić information content (AvgIpc) is 2.50. The van der Waals surface area contributed by atoms with E-state index in [1.54, 1.807) is 6.92 Å². The number of ether oxygens (including phenoxy) is 1. The highest BCUT2D eigenvalue weighted by atomic mass is 32.1. The highest BCUT2D eigenvalue weighted by molar-refractivity contribution is 7.71. The number of pyridine rings is 1. The van der Waals surface area contributed by atoms with E-state index in [1.807, 2.05) is 0 Å². The minimum absolute atomic E-state index is 0.0198. The molecule has 0 aliphatic carbocycles. The monoisotopic (exact) mass is 373 g/mol. The molecule has 2 heterocycles. The van der Waals surface area contributed by atoms with Crippen molar-refractivity contribution in [3.8, 4) is 5.88 Å².